The Morgan fingerprint density at radius 1 is 1.25 bits per heavy atom. The highest BCUT2D eigenvalue weighted by molar-refractivity contribution is 9.10. The van der Waals surface area contributed by atoms with Crippen molar-refractivity contribution in [3.63, 3.8) is 0 Å². The maximum Gasteiger partial charge on any atom is 0.137 e. The van der Waals surface area contributed by atoms with E-state index < -0.39 is 0 Å². The van der Waals surface area contributed by atoms with Gasteiger partial charge in [-0.05, 0) is 65.7 Å². The summed E-state index contributed by atoms with van der Waals surface area (Å²) in [4.78, 5) is 0. The summed E-state index contributed by atoms with van der Waals surface area (Å²) in [6.07, 6.45) is 8.63. The van der Waals surface area contributed by atoms with Gasteiger partial charge in [-0.15, -0.1) is 0 Å². The molecule has 1 aromatic rings. The van der Waals surface area contributed by atoms with Crippen molar-refractivity contribution in [2.24, 2.45) is 5.92 Å². The number of benzene rings is 1. The van der Waals surface area contributed by atoms with Crippen LogP contribution in [0, 0.1) is 11.7 Å². The molecule has 1 aromatic carbocycles. The van der Waals surface area contributed by atoms with E-state index in [2.05, 4.69) is 34.2 Å². The van der Waals surface area contributed by atoms with Crippen molar-refractivity contribution in [2.75, 3.05) is 6.54 Å². The molecule has 1 aliphatic rings. The second kappa shape index (κ2) is 8.14. The molecule has 20 heavy (non-hydrogen) atoms. The van der Waals surface area contributed by atoms with Gasteiger partial charge in [0.25, 0.3) is 0 Å². The van der Waals surface area contributed by atoms with Gasteiger partial charge in [0, 0.05) is 6.04 Å². The molecule has 0 aromatic heterocycles. The van der Waals surface area contributed by atoms with Crippen LogP contribution in [0.15, 0.2) is 22.7 Å². The zero-order chi connectivity index (χ0) is 14.4. The monoisotopic (exact) mass is 341 g/mol. The number of halogens is 2. The number of rotatable bonds is 5. The summed E-state index contributed by atoms with van der Waals surface area (Å²) < 4.78 is 14.3. The summed E-state index contributed by atoms with van der Waals surface area (Å²) in [6.45, 7) is 3.30. The second-order valence-corrected chi connectivity index (χ2v) is 6.67. The van der Waals surface area contributed by atoms with E-state index in [4.69, 9.17) is 0 Å². The lowest BCUT2D eigenvalue weighted by Gasteiger charge is -2.27. The fraction of sp³-hybridized carbons (Fsp3) is 0.647. The average molecular weight is 342 g/mol. The zero-order valence-electron chi connectivity index (χ0n) is 12.3. The average Bonchev–Trinajstić information content (AvgIpc) is 2.67. The van der Waals surface area contributed by atoms with Gasteiger partial charge in [0.15, 0.2) is 0 Å². The van der Waals surface area contributed by atoms with E-state index in [1.54, 1.807) is 0 Å². The second-order valence-electron chi connectivity index (χ2n) is 5.88. The standard InChI is InChI=1S/C17H25BrFN/c1-2-11-20-16-10-5-3-4-7-13(16)12-14-8-6-9-15(19)17(14)18/h6,8-9,13,16,20H,2-5,7,10-12H2,1H3. The quantitative estimate of drug-likeness (QED) is 0.736. The first-order chi connectivity index (χ1) is 9.72. The number of nitrogens with one attached hydrogen (secondary N) is 1. The molecule has 0 heterocycles. The Morgan fingerprint density at radius 3 is 2.85 bits per heavy atom. The van der Waals surface area contributed by atoms with Crippen molar-refractivity contribution in [3.05, 3.63) is 34.1 Å². The fourth-order valence-corrected chi connectivity index (χ4v) is 3.64. The summed E-state index contributed by atoms with van der Waals surface area (Å²) in [5.74, 6) is 0.483. The Balaban J connectivity index is 2.08. The predicted octanol–water partition coefficient (Wildman–Crippen LogP) is 5.08. The van der Waals surface area contributed by atoms with Gasteiger partial charge >= 0.3 is 0 Å². The van der Waals surface area contributed by atoms with Crippen molar-refractivity contribution in [3.8, 4) is 0 Å². The highest BCUT2D eigenvalue weighted by atomic mass is 79.9. The summed E-state index contributed by atoms with van der Waals surface area (Å²) in [7, 11) is 0. The maximum absolute atomic E-state index is 13.7. The molecule has 0 spiro atoms. The van der Waals surface area contributed by atoms with Crippen LogP contribution < -0.4 is 5.32 Å². The molecule has 2 unspecified atom stereocenters. The van der Waals surface area contributed by atoms with Crippen molar-refractivity contribution in [1.29, 1.82) is 0 Å². The third-order valence-corrected chi connectivity index (χ3v) is 5.22. The van der Waals surface area contributed by atoms with E-state index in [9.17, 15) is 4.39 Å². The SMILES string of the molecule is CCCNC1CCCCCC1Cc1cccc(F)c1Br. The summed E-state index contributed by atoms with van der Waals surface area (Å²) in [6, 6.07) is 5.98. The van der Waals surface area contributed by atoms with Gasteiger partial charge in [-0.25, -0.2) is 4.39 Å². The van der Waals surface area contributed by atoms with Crippen LogP contribution in [0.1, 0.15) is 51.0 Å². The van der Waals surface area contributed by atoms with E-state index in [1.165, 1.54) is 44.6 Å². The minimum atomic E-state index is -0.144. The summed E-state index contributed by atoms with van der Waals surface area (Å²) in [5, 5.41) is 3.71. The predicted molar refractivity (Wildman–Crippen MR) is 86.5 cm³/mol. The molecular formula is C17H25BrFN. The third-order valence-electron chi connectivity index (χ3n) is 4.33. The van der Waals surface area contributed by atoms with E-state index >= 15 is 0 Å². The molecular weight excluding hydrogens is 317 g/mol. The lowest BCUT2D eigenvalue weighted by molar-refractivity contribution is 0.332. The van der Waals surface area contributed by atoms with Crippen LogP contribution in [0.2, 0.25) is 0 Å². The molecule has 1 N–H and O–H groups in total. The molecule has 0 radical (unpaired) electrons. The van der Waals surface area contributed by atoms with Crippen molar-refractivity contribution in [1.82, 2.24) is 5.32 Å². The van der Waals surface area contributed by atoms with Crippen LogP contribution >= 0.6 is 15.9 Å². The fourth-order valence-electron chi connectivity index (χ4n) is 3.22. The number of hydrogen-bond donors (Lipinski definition) is 1. The molecule has 0 amide bonds. The lowest BCUT2D eigenvalue weighted by atomic mass is 9.88. The Kier molecular flexibility index (Phi) is 6.50. The maximum atomic E-state index is 13.7. The lowest BCUT2D eigenvalue weighted by Crippen LogP contribution is -2.37. The molecule has 1 fully saturated rings. The van der Waals surface area contributed by atoms with Gasteiger partial charge in [0.1, 0.15) is 5.82 Å². The molecule has 3 heteroatoms. The van der Waals surface area contributed by atoms with Gasteiger partial charge in [0.2, 0.25) is 0 Å². The van der Waals surface area contributed by atoms with Crippen LogP contribution in [0.5, 0.6) is 0 Å². The largest absolute Gasteiger partial charge is 0.314 e. The topological polar surface area (TPSA) is 12.0 Å². The zero-order valence-corrected chi connectivity index (χ0v) is 13.9. The van der Waals surface area contributed by atoms with Crippen LogP contribution in [-0.2, 0) is 6.42 Å². The van der Waals surface area contributed by atoms with E-state index in [0.29, 0.717) is 16.4 Å². The Bertz CT molecular complexity index is 421. The first-order valence-corrected chi connectivity index (χ1v) is 8.68. The Morgan fingerprint density at radius 2 is 2.05 bits per heavy atom. The van der Waals surface area contributed by atoms with Crippen LogP contribution in [0.4, 0.5) is 4.39 Å². The molecule has 112 valence electrons. The van der Waals surface area contributed by atoms with Crippen molar-refractivity contribution >= 4 is 15.9 Å². The minimum Gasteiger partial charge on any atom is -0.314 e. The van der Waals surface area contributed by atoms with E-state index in [-0.39, 0.29) is 5.82 Å². The normalized spacial score (nSPS) is 23.6. The first kappa shape index (κ1) is 16.0. The molecule has 0 saturated heterocycles. The molecule has 0 bridgehead atoms. The van der Waals surface area contributed by atoms with Gasteiger partial charge < -0.3 is 5.32 Å². The number of hydrogen-bond acceptors (Lipinski definition) is 1. The van der Waals surface area contributed by atoms with Gasteiger partial charge in [-0.2, -0.15) is 0 Å². The van der Waals surface area contributed by atoms with Crippen LogP contribution in [0.3, 0.4) is 0 Å². The van der Waals surface area contributed by atoms with Gasteiger partial charge in [0.05, 0.1) is 4.47 Å². The first-order valence-electron chi connectivity index (χ1n) is 7.88. The van der Waals surface area contributed by atoms with E-state index in [0.717, 1.165) is 18.5 Å². The Labute approximate surface area is 130 Å². The molecule has 2 rings (SSSR count). The van der Waals surface area contributed by atoms with Crippen LogP contribution in [0.25, 0.3) is 0 Å². The third kappa shape index (κ3) is 4.29. The van der Waals surface area contributed by atoms with Gasteiger partial charge in [-0.3, -0.25) is 0 Å². The molecule has 1 saturated carbocycles. The minimum absolute atomic E-state index is 0.144. The smallest absolute Gasteiger partial charge is 0.137 e. The summed E-state index contributed by atoms with van der Waals surface area (Å²) in [5.41, 5.74) is 1.11. The molecule has 1 nitrogen and oxygen atoms in total. The Hall–Kier alpha value is -0.410. The molecule has 0 aliphatic heterocycles. The highest BCUT2D eigenvalue weighted by Crippen LogP contribution is 2.30. The molecule has 2 atom stereocenters. The van der Waals surface area contributed by atoms with Crippen molar-refractivity contribution < 1.29 is 4.39 Å². The van der Waals surface area contributed by atoms with Crippen molar-refractivity contribution in [2.45, 2.75) is 57.9 Å². The molecule has 1 aliphatic carbocycles. The van der Waals surface area contributed by atoms with Gasteiger partial charge in [-0.1, -0.05) is 38.3 Å². The highest BCUT2D eigenvalue weighted by Gasteiger charge is 2.24. The summed E-state index contributed by atoms with van der Waals surface area (Å²) >= 11 is 3.40. The van der Waals surface area contributed by atoms with Crippen LogP contribution in [-0.4, -0.2) is 12.6 Å². The van der Waals surface area contributed by atoms with E-state index in [1.807, 2.05) is 6.07 Å².